The van der Waals surface area contributed by atoms with Crippen LogP contribution >= 0.6 is 0 Å². The van der Waals surface area contributed by atoms with Crippen molar-refractivity contribution in [3.63, 3.8) is 0 Å². The van der Waals surface area contributed by atoms with Gasteiger partial charge in [0, 0.05) is 19.4 Å². The van der Waals surface area contributed by atoms with E-state index >= 15 is 0 Å². The van der Waals surface area contributed by atoms with Crippen molar-refractivity contribution in [1.29, 1.82) is 0 Å². The van der Waals surface area contributed by atoms with Crippen molar-refractivity contribution >= 4 is 5.78 Å². The van der Waals surface area contributed by atoms with E-state index in [2.05, 4.69) is 4.98 Å². The van der Waals surface area contributed by atoms with Gasteiger partial charge in [0.05, 0.1) is 12.2 Å². The van der Waals surface area contributed by atoms with Crippen LogP contribution in [0, 0.1) is 0 Å². The highest BCUT2D eigenvalue weighted by Crippen LogP contribution is 2.21. The summed E-state index contributed by atoms with van der Waals surface area (Å²) < 4.78 is 7.29. The monoisotopic (exact) mass is 244 g/mol. The minimum atomic E-state index is -0.116. The van der Waals surface area contributed by atoms with Crippen molar-refractivity contribution in [3.8, 4) is 5.75 Å². The second kappa shape index (κ2) is 5.49. The summed E-state index contributed by atoms with van der Waals surface area (Å²) in [5.74, 6) is 0.920. The summed E-state index contributed by atoms with van der Waals surface area (Å²) in [4.78, 5) is 16.4. The predicted molar refractivity (Wildman–Crippen MR) is 68.9 cm³/mol. The quantitative estimate of drug-likeness (QED) is 0.759. The number of rotatable bonds is 5. The SMILES string of the molecule is CCCOc1ccccc1C(=O)c1nccn1C. The van der Waals surface area contributed by atoms with Crippen LogP contribution in [-0.2, 0) is 7.05 Å². The van der Waals surface area contributed by atoms with Crippen LogP contribution in [0.4, 0.5) is 0 Å². The van der Waals surface area contributed by atoms with E-state index < -0.39 is 0 Å². The molecule has 0 unspecified atom stereocenters. The van der Waals surface area contributed by atoms with E-state index in [-0.39, 0.29) is 5.78 Å². The van der Waals surface area contributed by atoms with E-state index in [4.69, 9.17) is 4.74 Å². The lowest BCUT2D eigenvalue weighted by atomic mass is 10.1. The van der Waals surface area contributed by atoms with Gasteiger partial charge in [-0.25, -0.2) is 4.98 Å². The molecule has 4 heteroatoms. The van der Waals surface area contributed by atoms with Gasteiger partial charge in [-0.1, -0.05) is 19.1 Å². The number of ketones is 1. The first-order valence-electron chi connectivity index (χ1n) is 5.98. The van der Waals surface area contributed by atoms with Gasteiger partial charge in [-0.2, -0.15) is 0 Å². The van der Waals surface area contributed by atoms with Gasteiger partial charge in [0.25, 0.3) is 0 Å². The molecule has 0 radical (unpaired) electrons. The van der Waals surface area contributed by atoms with Gasteiger partial charge in [0.15, 0.2) is 5.82 Å². The van der Waals surface area contributed by atoms with Gasteiger partial charge in [0.2, 0.25) is 5.78 Å². The molecule has 0 N–H and O–H groups in total. The third-order valence-electron chi connectivity index (χ3n) is 2.62. The number of hydrogen-bond donors (Lipinski definition) is 0. The molecule has 1 heterocycles. The second-order valence-electron chi connectivity index (χ2n) is 4.04. The highest BCUT2D eigenvalue weighted by atomic mass is 16.5. The molecular formula is C14H16N2O2. The lowest BCUT2D eigenvalue weighted by Crippen LogP contribution is -2.10. The minimum absolute atomic E-state index is 0.116. The van der Waals surface area contributed by atoms with Crippen LogP contribution in [0.1, 0.15) is 29.5 Å². The van der Waals surface area contributed by atoms with Crippen molar-refractivity contribution in [3.05, 3.63) is 48.0 Å². The minimum Gasteiger partial charge on any atom is -0.493 e. The van der Waals surface area contributed by atoms with Crippen LogP contribution in [0.15, 0.2) is 36.7 Å². The van der Waals surface area contributed by atoms with Gasteiger partial charge in [-0.3, -0.25) is 4.79 Å². The maximum atomic E-state index is 12.3. The molecule has 4 nitrogen and oxygen atoms in total. The smallest absolute Gasteiger partial charge is 0.232 e. The Morgan fingerprint density at radius 2 is 2.17 bits per heavy atom. The summed E-state index contributed by atoms with van der Waals surface area (Å²) in [6.45, 7) is 2.63. The molecule has 94 valence electrons. The Hall–Kier alpha value is -2.10. The topological polar surface area (TPSA) is 44.1 Å². The number of carbonyl (C=O) groups is 1. The summed E-state index contributed by atoms with van der Waals surface area (Å²) in [5.41, 5.74) is 0.556. The molecule has 0 bridgehead atoms. The van der Waals surface area contributed by atoms with Crippen molar-refractivity contribution in [2.75, 3.05) is 6.61 Å². The number of benzene rings is 1. The van der Waals surface area contributed by atoms with Crippen LogP contribution in [0.3, 0.4) is 0 Å². The van der Waals surface area contributed by atoms with Gasteiger partial charge < -0.3 is 9.30 Å². The number of aromatic nitrogens is 2. The molecular weight excluding hydrogens is 228 g/mol. The van der Waals surface area contributed by atoms with Crippen LogP contribution in [-0.4, -0.2) is 21.9 Å². The maximum Gasteiger partial charge on any atom is 0.232 e. The number of ether oxygens (including phenoxy) is 1. The first kappa shape index (κ1) is 12.4. The molecule has 0 saturated carbocycles. The number of nitrogens with zero attached hydrogens (tertiary/aromatic N) is 2. The largest absolute Gasteiger partial charge is 0.493 e. The molecule has 0 saturated heterocycles. The lowest BCUT2D eigenvalue weighted by Gasteiger charge is -2.09. The average molecular weight is 244 g/mol. The Morgan fingerprint density at radius 1 is 1.39 bits per heavy atom. The molecule has 2 rings (SSSR count). The number of para-hydroxylation sites is 1. The number of aryl methyl sites for hydroxylation is 1. The zero-order chi connectivity index (χ0) is 13.0. The predicted octanol–water partition coefficient (Wildman–Crippen LogP) is 2.44. The van der Waals surface area contributed by atoms with Gasteiger partial charge >= 0.3 is 0 Å². The third kappa shape index (κ3) is 2.42. The molecule has 0 atom stereocenters. The van der Waals surface area contributed by atoms with Gasteiger partial charge in [0.1, 0.15) is 5.75 Å². The molecule has 0 fully saturated rings. The molecule has 1 aromatic carbocycles. The number of hydrogen-bond acceptors (Lipinski definition) is 3. The fourth-order valence-electron chi connectivity index (χ4n) is 1.70. The van der Waals surface area contributed by atoms with E-state index in [0.717, 1.165) is 6.42 Å². The van der Waals surface area contributed by atoms with Crippen molar-refractivity contribution in [2.45, 2.75) is 13.3 Å². The number of imidazole rings is 1. The molecule has 0 spiro atoms. The highest BCUT2D eigenvalue weighted by Gasteiger charge is 2.17. The molecule has 2 aromatic rings. The molecule has 0 aliphatic carbocycles. The molecule has 0 amide bonds. The van der Waals surface area contributed by atoms with E-state index in [0.29, 0.717) is 23.7 Å². The van der Waals surface area contributed by atoms with E-state index in [1.165, 1.54) is 0 Å². The molecule has 0 aliphatic heterocycles. The van der Waals surface area contributed by atoms with Crippen molar-refractivity contribution in [2.24, 2.45) is 7.05 Å². The standard InChI is InChI=1S/C14H16N2O2/c1-3-10-18-12-7-5-4-6-11(12)13(17)14-15-8-9-16(14)2/h4-9H,3,10H2,1-2H3. The van der Waals surface area contributed by atoms with Crippen LogP contribution in [0.5, 0.6) is 5.75 Å². The zero-order valence-electron chi connectivity index (χ0n) is 10.6. The van der Waals surface area contributed by atoms with E-state index in [1.807, 2.05) is 25.1 Å². The maximum absolute atomic E-state index is 12.3. The average Bonchev–Trinajstić information content (AvgIpc) is 2.82. The summed E-state index contributed by atoms with van der Waals surface area (Å²) in [6, 6.07) is 7.27. The van der Waals surface area contributed by atoms with E-state index in [9.17, 15) is 4.79 Å². The van der Waals surface area contributed by atoms with Gasteiger partial charge in [-0.05, 0) is 18.6 Å². The number of carbonyl (C=O) groups excluding carboxylic acids is 1. The van der Waals surface area contributed by atoms with Gasteiger partial charge in [-0.15, -0.1) is 0 Å². The Kier molecular flexibility index (Phi) is 3.77. The van der Waals surface area contributed by atoms with Crippen molar-refractivity contribution < 1.29 is 9.53 Å². The van der Waals surface area contributed by atoms with E-state index in [1.54, 1.807) is 30.1 Å². The fourth-order valence-corrected chi connectivity index (χ4v) is 1.70. The highest BCUT2D eigenvalue weighted by molar-refractivity contribution is 6.08. The van der Waals surface area contributed by atoms with Crippen molar-refractivity contribution in [1.82, 2.24) is 9.55 Å². The Morgan fingerprint density at radius 3 is 2.83 bits per heavy atom. The summed E-state index contributed by atoms with van der Waals surface area (Å²) >= 11 is 0. The molecule has 18 heavy (non-hydrogen) atoms. The van der Waals surface area contributed by atoms with Crippen LogP contribution in [0.25, 0.3) is 0 Å². The molecule has 0 aliphatic rings. The first-order valence-corrected chi connectivity index (χ1v) is 5.98. The summed E-state index contributed by atoms with van der Waals surface area (Å²) in [6.07, 6.45) is 4.27. The summed E-state index contributed by atoms with van der Waals surface area (Å²) in [5, 5.41) is 0. The zero-order valence-corrected chi connectivity index (χ0v) is 10.6. The molecule has 1 aromatic heterocycles. The Bertz CT molecular complexity index is 546. The Labute approximate surface area is 106 Å². The first-order chi connectivity index (χ1) is 8.74. The Balaban J connectivity index is 2.33. The van der Waals surface area contributed by atoms with Crippen LogP contribution < -0.4 is 4.74 Å². The normalized spacial score (nSPS) is 10.3. The second-order valence-corrected chi connectivity index (χ2v) is 4.04. The summed E-state index contributed by atoms with van der Waals surface area (Å²) in [7, 11) is 1.80. The van der Waals surface area contributed by atoms with Crippen LogP contribution in [0.2, 0.25) is 0 Å². The fraction of sp³-hybridized carbons (Fsp3) is 0.286. The lowest BCUT2D eigenvalue weighted by molar-refractivity contribution is 0.102. The third-order valence-corrected chi connectivity index (χ3v) is 2.62.